The fraction of sp³-hybridized carbons (Fsp3) is 0.263. The Kier molecular flexibility index (Phi) is 5.16. The highest BCUT2D eigenvalue weighted by Gasteiger charge is 2.19. The van der Waals surface area contributed by atoms with Crippen molar-refractivity contribution in [1.29, 1.82) is 0 Å². The average Bonchev–Trinajstić information content (AvgIpc) is 2.54. The van der Waals surface area contributed by atoms with E-state index < -0.39 is 0 Å². The van der Waals surface area contributed by atoms with E-state index in [1.54, 1.807) is 24.3 Å². The van der Waals surface area contributed by atoms with Crippen LogP contribution in [0.15, 0.2) is 36.4 Å². The fourth-order valence-electron chi connectivity index (χ4n) is 2.41. The van der Waals surface area contributed by atoms with E-state index in [4.69, 9.17) is 9.47 Å². The van der Waals surface area contributed by atoms with Gasteiger partial charge in [0, 0.05) is 17.5 Å². The molecule has 4 heteroatoms. The molecule has 2 rings (SSSR count). The zero-order valence-corrected chi connectivity index (χ0v) is 13.8. The maximum absolute atomic E-state index is 12.8. The molecule has 0 spiro atoms. The summed E-state index contributed by atoms with van der Waals surface area (Å²) in [6.07, 6.45) is 0.174. The Morgan fingerprint density at radius 2 is 1.52 bits per heavy atom. The zero-order valence-electron chi connectivity index (χ0n) is 13.8. The lowest BCUT2D eigenvalue weighted by Gasteiger charge is -2.14. The Hall–Kier alpha value is -2.62. The van der Waals surface area contributed by atoms with E-state index in [9.17, 15) is 9.59 Å². The van der Waals surface area contributed by atoms with E-state index in [1.807, 2.05) is 19.1 Å². The van der Waals surface area contributed by atoms with E-state index in [2.05, 4.69) is 0 Å². The van der Waals surface area contributed by atoms with Crippen LogP contribution >= 0.6 is 0 Å². The molecule has 0 N–H and O–H groups in total. The van der Waals surface area contributed by atoms with Gasteiger partial charge in [-0.25, -0.2) is 0 Å². The third-order valence-corrected chi connectivity index (χ3v) is 3.61. The minimum absolute atomic E-state index is 0.0184. The van der Waals surface area contributed by atoms with Gasteiger partial charge in [0.1, 0.15) is 5.78 Å². The van der Waals surface area contributed by atoms with Gasteiger partial charge in [0.2, 0.25) is 0 Å². The summed E-state index contributed by atoms with van der Waals surface area (Å²) in [6, 6.07) is 10.7. The van der Waals surface area contributed by atoms with Crippen molar-refractivity contribution < 1.29 is 19.1 Å². The average molecular weight is 312 g/mol. The second-order valence-corrected chi connectivity index (χ2v) is 5.44. The summed E-state index contributed by atoms with van der Waals surface area (Å²) < 4.78 is 10.5. The van der Waals surface area contributed by atoms with Gasteiger partial charge in [-0.05, 0) is 31.5 Å². The van der Waals surface area contributed by atoms with E-state index in [0.717, 1.165) is 5.56 Å². The quantitative estimate of drug-likeness (QED) is 0.767. The van der Waals surface area contributed by atoms with Crippen molar-refractivity contribution >= 4 is 11.6 Å². The lowest BCUT2D eigenvalue weighted by Crippen LogP contribution is -2.09. The summed E-state index contributed by atoms with van der Waals surface area (Å²) in [5, 5.41) is 0. The van der Waals surface area contributed by atoms with Gasteiger partial charge < -0.3 is 9.47 Å². The van der Waals surface area contributed by atoms with Crippen molar-refractivity contribution in [3.63, 3.8) is 0 Å². The number of aryl methyl sites for hydroxylation is 1. The molecule has 120 valence electrons. The molecule has 0 heterocycles. The molecule has 0 aliphatic rings. The monoisotopic (exact) mass is 312 g/mol. The minimum Gasteiger partial charge on any atom is -0.493 e. The van der Waals surface area contributed by atoms with Crippen LogP contribution in [0.3, 0.4) is 0 Å². The van der Waals surface area contributed by atoms with Crippen molar-refractivity contribution in [2.75, 3.05) is 14.2 Å². The van der Waals surface area contributed by atoms with Crippen LogP contribution in [0, 0.1) is 6.92 Å². The maximum atomic E-state index is 12.8. The topological polar surface area (TPSA) is 52.6 Å². The molecule has 0 fully saturated rings. The van der Waals surface area contributed by atoms with Gasteiger partial charge in [0.15, 0.2) is 17.3 Å². The smallest absolute Gasteiger partial charge is 0.193 e. The number of hydrogen-bond donors (Lipinski definition) is 0. The fourth-order valence-corrected chi connectivity index (χ4v) is 2.41. The van der Waals surface area contributed by atoms with Gasteiger partial charge >= 0.3 is 0 Å². The van der Waals surface area contributed by atoms with E-state index in [0.29, 0.717) is 28.2 Å². The first kappa shape index (κ1) is 16.7. The molecular weight excluding hydrogens is 292 g/mol. The molecule has 0 aliphatic heterocycles. The SMILES string of the molecule is COc1cc(CC(C)=O)c(C(=O)c2ccc(C)cc2)cc1OC. The standard InChI is InChI=1S/C19H20O4/c1-12-5-7-14(8-6-12)19(21)16-11-18(23-4)17(22-3)10-15(16)9-13(2)20/h5-8,10-11H,9H2,1-4H3. The van der Waals surface area contributed by atoms with Gasteiger partial charge in [-0.15, -0.1) is 0 Å². The summed E-state index contributed by atoms with van der Waals surface area (Å²) in [4.78, 5) is 24.4. The van der Waals surface area contributed by atoms with Crippen molar-refractivity contribution in [2.24, 2.45) is 0 Å². The lowest BCUT2D eigenvalue weighted by molar-refractivity contribution is -0.116. The first-order valence-corrected chi connectivity index (χ1v) is 7.32. The van der Waals surface area contributed by atoms with Gasteiger partial charge in [0.25, 0.3) is 0 Å². The highest BCUT2D eigenvalue weighted by atomic mass is 16.5. The Morgan fingerprint density at radius 1 is 0.957 bits per heavy atom. The van der Waals surface area contributed by atoms with Crippen LogP contribution in [-0.2, 0) is 11.2 Å². The predicted octanol–water partition coefficient (Wildman–Crippen LogP) is 3.37. The van der Waals surface area contributed by atoms with Crippen LogP contribution in [0.5, 0.6) is 11.5 Å². The largest absolute Gasteiger partial charge is 0.493 e. The maximum Gasteiger partial charge on any atom is 0.193 e. The van der Waals surface area contributed by atoms with E-state index >= 15 is 0 Å². The van der Waals surface area contributed by atoms with E-state index in [-0.39, 0.29) is 18.0 Å². The van der Waals surface area contributed by atoms with Gasteiger partial charge in [-0.3, -0.25) is 9.59 Å². The molecule has 0 amide bonds. The molecule has 0 aliphatic carbocycles. The first-order valence-electron chi connectivity index (χ1n) is 7.32. The summed E-state index contributed by atoms with van der Waals surface area (Å²) in [7, 11) is 3.04. The number of hydrogen-bond acceptors (Lipinski definition) is 4. The molecular formula is C19H20O4. The van der Waals surface area contributed by atoms with Crippen LogP contribution in [0.1, 0.15) is 34.0 Å². The molecule has 23 heavy (non-hydrogen) atoms. The summed E-state index contributed by atoms with van der Waals surface area (Å²) >= 11 is 0. The third kappa shape index (κ3) is 3.77. The number of ketones is 2. The molecule has 0 saturated heterocycles. The number of carbonyl (C=O) groups is 2. The van der Waals surface area contributed by atoms with Crippen LogP contribution < -0.4 is 9.47 Å². The number of ether oxygens (including phenoxy) is 2. The van der Waals surface area contributed by atoms with E-state index in [1.165, 1.54) is 21.1 Å². The highest BCUT2D eigenvalue weighted by Crippen LogP contribution is 2.32. The second kappa shape index (κ2) is 7.09. The summed E-state index contributed by atoms with van der Waals surface area (Å²) in [5.41, 5.74) is 2.76. The molecule has 0 radical (unpaired) electrons. The van der Waals surface area contributed by atoms with Crippen LogP contribution in [0.25, 0.3) is 0 Å². The van der Waals surface area contributed by atoms with Crippen LogP contribution in [0.4, 0.5) is 0 Å². The van der Waals surface area contributed by atoms with Gasteiger partial charge in [-0.2, -0.15) is 0 Å². The Labute approximate surface area is 136 Å². The molecule has 4 nitrogen and oxygen atoms in total. The predicted molar refractivity (Wildman–Crippen MR) is 88.5 cm³/mol. The number of methoxy groups -OCH3 is 2. The first-order chi connectivity index (χ1) is 11.0. The normalized spacial score (nSPS) is 10.3. The number of carbonyl (C=O) groups excluding carboxylic acids is 2. The molecule has 0 saturated carbocycles. The number of Topliss-reactive ketones (excluding diaryl/α,β-unsaturated/α-hetero) is 1. The van der Waals surface area contributed by atoms with Crippen LogP contribution in [-0.4, -0.2) is 25.8 Å². The Morgan fingerprint density at radius 3 is 2.04 bits per heavy atom. The van der Waals surface area contributed by atoms with Gasteiger partial charge in [0.05, 0.1) is 14.2 Å². The van der Waals surface area contributed by atoms with Crippen molar-refractivity contribution in [1.82, 2.24) is 0 Å². The molecule has 2 aromatic carbocycles. The summed E-state index contributed by atoms with van der Waals surface area (Å²) in [6.45, 7) is 3.46. The van der Waals surface area contributed by atoms with Crippen LogP contribution in [0.2, 0.25) is 0 Å². The molecule has 0 unspecified atom stereocenters. The van der Waals surface area contributed by atoms with Gasteiger partial charge in [-0.1, -0.05) is 29.8 Å². The molecule has 0 atom stereocenters. The Balaban J connectivity index is 2.55. The lowest BCUT2D eigenvalue weighted by atomic mass is 9.94. The second-order valence-electron chi connectivity index (χ2n) is 5.44. The molecule has 0 bridgehead atoms. The van der Waals surface area contributed by atoms with Crippen molar-refractivity contribution in [3.05, 3.63) is 58.7 Å². The molecule has 0 aromatic heterocycles. The third-order valence-electron chi connectivity index (χ3n) is 3.61. The summed E-state index contributed by atoms with van der Waals surface area (Å²) in [5.74, 6) is 0.817. The number of benzene rings is 2. The zero-order chi connectivity index (χ0) is 17.0. The Bertz CT molecular complexity index is 730. The van der Waals surface area contributed by atoms with Crippen molar-refractivity contribution in [2.45, 2.75) is 20.3 Å². The minimum atomic E-state index is -0.137. The number of rotatable bonds is 6. The van der Waals surface area contributed by atoms with Crippen molar-refractivity contribution in [3.8, 4) is 11.5 Å². The highest BCUT2D eigenvalue weighted by molar-refractivity contribution is 6.10. The molecule has 2 aromatic rings.